The first-order valence-electron chi connectivity index (χ1n) is 11.7. The van der Waals surface area contributed by atoms with Gasteiger partial charge in [0.2, 0.25) is 10.0 Å². The molecule has 2 aliphatic rings. The van der Waals surface area contributed by atoms with Crippen LogP contribution in [0.5, 0.6) is 0 Å². The highest BCUT2D eigenvalue weighted by atomic mass is 32.2. The van der Waals surface area contributed by atoms with Crippen molar-refractivity contribution in [1.29, 1.82) is 0 Å². The Balaban J connectivity index is 1.50. The summed E-state index contributed by atoms with van der Waals surface area (Å²) in [5.74, 6) is -0.418. The van der Waals surface area contributed by atoms with Gasteiger partial charge in [0.25, 0.3) is 5.91 Å². The van der Waals surface area contributed by atoms with Crippen molar-refractivity contribution >= 4 is 38.3 Å². The van der Waals surface area contributed by atoms with E-state index >= 15 is 0 Å². The summed E-state index contributed by atoms with van der Waals surface area (Å²) in [7, 11) is -3.70. The van der Waals surface area contributed by atoms with E-state index in [-0.39, 0.29) is 10.5 Å². The van der Waals surface area contributed by atoms with Crippen molar-refractivity contribution in [3.63, 3.8) is 0 Å². The van der Waals surface area contributed by atoms with Crippen molar-refractivity contribution < 1.29 is 22.4 Å². The molecule has 2 aliphatic heterocycles. The Morgan fingerprint density at radius 2 is 1.66 bits per heavy atom. The zero-order valence-corrected chi connectivity index (χ0v) is 20.1. The highest BCUT2D eigenvalue weighted by molar-refractivity contribution is 7.89. The van der Waals surface area contributed by atoms with Crippen LogP contribution in [-0.4, -0.2) is 58.0 Å². The Morgan fingerprint density at radius 1 is 0.886 bits per heavy atom. The van der Waals surface area contributed by atoms with E-state index in [4.69, 9.17) is 9.15 Å². The van der Waals surface area contributed by atoms with Crippen molar-refractivity contribution in [2.75, 3.05) is 49.6 Å². The second-order valence-corrected chi connectivity index (χ2v) is 10.6. The number of morpholine rings is 1. The zero-order valence-electron chi connectivity index (χ0n) is 19.2. The van der Waals surface area contributed by atoms with Crippen molar-refractivity contribution in [1.82, 2.24) is 4.31 Å². The van der Waals surface area contributed by atoms with Gasteiger partial charge in [0.15, 0.2) is 0 Å². The first-order chi connectivity index (χ1) is 16.9. The van der Waals surface area contributed by atoms with Gasteiger partial charge in [0, 0.05) is 49.0 Å². The van der Waals surface area contributed by atoms with Crippen LogP contribution in [0, 0.1) is 0 Å². The van der Waals surface area contributed by atoms with E-state index in [1.54, 1.807) is 36.4 Å². The van der Waals surface area contributed by atoms with Crippen molar-refractivity contribution in [3.8, 4) is 0 Å². The van der Waals surface area contributed by atoms with Crippen molar-refractivity contribution in [2.45, 2.75) is 24.2 Å². The van der Waals surface area contributed by atoms with Crippen LogP contribution in [-0.2, 0) is 14.8 Å². The maximum Gasteiger partial charge on any atom is 0.336 e. The number of sulfonamides is 1. The highest BCUT2D eigenvalue weighted by Crippen LogP contribution is 2.29. The maximum absolute atomic E-state index is 13.5. The van der Waals surface area contributed by atoms with E-state index in [9.17, 15) is 18.0 Å². The van der Waals surface area contributed by atoms with Crippen LogP contribution < -0.4 is 15.8 Å². The van der Waals surface area contributed by atoms with Gasteiger partial charge in [-0.25, -0.2) is 13.2 Å². The average molecular weight is 498 g/mol. The number of carbonyl (C=O) groups is 1. The topological polar surface area (TPSA) is 109 Å². The third-order valence-electron chi connectivity index (χ3n) is 6.39. The van der Waals surface area contributed by atoms with Gasteiger partial charge in [-0.05, 0) is 55.3 Å². The molecule has 0 spiro atoms. The van der Waals surface area contributed by atoms with Gasteiger partial charge in [-0.15, -0.1) is 0 Å². The van der Waals surface area contributed by atoms with Gasteiger partial charge >= 0.3 is 5.63 Å². The lowest BCUT2D eigenvalue weighted by molar-refractivity contribution is 0.102. The Morgan fingerprint density at radius 3 is 2.43 bits per heavy atom. The molecule has 184 valence electrons. The van der Waals surface area contributed by atoms with Gasteiger partial charge in [0.05, 0.1) is 23.7 Å². The molecule has 9 nitrogen and oxygen atoms in total. The summed E-state index contributed by atoms with van der Waals surface area (Å²) in [6.45, 7) is 3.25. The minimum atomic E-state index is -3.70. The fourth-order valence-electron chi connectivity index (χ4n) is 4.54. The Hall–Kier alpha value is -3.21. The molecule has 2 fully saturated rings. The van der Waals surface area contributed by atoms with Gasteiger partial charge in [-0.2, -0.15) is 4.31 Å². The zero-order chi connectivity index (χ0) is 24.4. The summed E-state index contributed by atoms with van der Waals surface area (Å²) < 4.78 is 38.7. The smallest absolute Gasteiger partial charge is 0.336 e. The number of fused-ring (bicyclic) bond motifs is 1. The fourth-order valence-corrected chi connectivity index (χ4v) is 6.08. The molecule has 10 heteroatoms. The maximum atomic E-state index is 13.5. The Kier molecular flexibility index (Phi) is 6.59. The normalized spacial score (nSPS) is 17.4. The molecule has 2 saturated heterocycles. The van der Waals surface area contributed by atoms with Crippen LogP contribution in [0.25, 0.3) is 11.0 Å². The molecule has 1 N–H and O–H groups in total. The molecule has 1 aromatic heterocycles. The molecule has 0 aliphatic carbocycles. The summed E-state index contributed by atoms with van der Waals surface area (Å²) in [6, 6.07) is 12.7. The van der Waals surface area contributed by atoms with E-state index in [1.165, 1.54) is 16.4 Å². The Labute approximate surface area is 203 Å². The lowest BCUT2D eigenvalue weighted by Gasteiger charge is -2.31. The van der Waals surface area contributed by atoms with E-state index in [0.717, 1.165) is 19.3 Å². The summed E-state index contributed by atoms with van der Waals surface area (Å²) >= 11 is 0. The molecule has 3 heterocycles. The monoisotopic (exact) mass is 497 g/mol. The second-order valence-electron chi connectivity index (χ2n) is 8.70. The molecular weight excluding hydrogens is 470 g/mol. The quantitative estimate of drug-likeness (QED) is 0.540. The molecule has 0 saturated carbocycles. The number of piperidine rings is 1. The predicted molar refractivity (Wildman–Crippen MR) is 133 cm³/mol. The minimum Gasteiger partial charge on any atom is -0.423 e. The molecule has 0 bridgehead atoms. The van der Waals surface area contributed by atoms with E-state index in [1.807, 2.05) is 4.90 Å². The lowest BCUT2D eigenvalue weighted by atomic mass is 10.1. The number of anilines is 2. The minimum absolute atomic E-state index is 0.113. The van der Waals surface area contributed by atoms with Crippen molar-refractivity contribution in [2.24, 2.45) is 0 Å². The Bertz CT molecular complexity index is 1410. The number of rotatable bonds is 5. The first kappa shape index (κ1) is 23.5. The molecule has 0 unspecified atom stereocenters. The summed E-state index contributed by atoms with van der Waals surface area (Å²) in [6.07, 6.45) is 2.69. The molecule has 3 aromatic rings. The molecule has 0 radical (unpaired) electrons. The largest absolute Gasteiger partial charge is 0.423 e. The predicted octanol–water partition coefficient (Wildman–Crippen LogP) is 3.06. The number of nitrogens with zero attached hydrogens (tertiary/aromatic N) is 2. The van der Waals surface area contributed by atoms with Crippen LogP contribution in [0.3, 0.4) is 0 Å². The van der Waals surface area contributed by atoms with Gasteiger partial charge in [-0.3, -0.25) is 4.79 Å². The number of ether oxygens (including phenoxy) is 1. The van der Waals surface area contributed by atoms with Crippen LogP contribution >= 0.6 is 0 Å². The molecule has 2 aromatic carbocycles. The third kappa shape index (κ3) is 4.95. The van der Waals surface area contributed by atoms with E-state index in [0.29, 0.717) is 61.7 Å². The van der Waals surface area contributed by atoms with Crippen LogP contribution in [0.2, 0.25) is 0 Å². The number of amides is 1. The van der Waals surface area contributed by atoms with E-state index < -0.39 is 21.6 Å². The third-order valence-corrected chi connectivity index (χ3v) is 8.29. The highest BCUT2D eigenvalue weighted by Gasteiger charge is 2.28. The van der Waals surface area contributed by atoms with Gasteiger partial charge < -0.3 is 19.4 Å². The van der Waals surface area contributed by atoms with Gasteiger partial charge in [-0.1, -0.05) is 6.42 Å². The number of hydrogen-bond donors (Lipinski definition) is 1. The second kappa shape index (κ2) is 9.80. The summed E-state index contributed by atoms with van der Waals surface area (Å²) in [4.78, 5) is 27.1. The van der Waals surface area contributed by atoms with Crippen LogP contribution in [0.4, 0.5) is 11.4 Å². The summed E-state index contributed by atoms with van der Waals surface area (Å²) in [5.41, 5.74) is 1.42. The fraction of sp³-hybridized carbons (Fsp3) is 0.360. The summed E-state index contributed by atoms with van der Waals surface area (Å²) in [5, 5.41) is 3.54. The average Bonchev–Trinajstić information content (AvgIpc) is 2.89. The molecule has 35 heavy (non-hydrogen) atoms. The van der Waals surface area contributed by atoms with Crippen LogP contribution in [0.1, 0.15) is 29.6 Å². The SMILES string of the molecule is O=C(Nc1ccc2oc(=O)ccc2c1)c1cc(S(=O)(=O)N2CCCCC2)ccc1N1CCOCC1. The molecule has 1 amide bonds. The lowest BCUT2D eigenvalue weighted by Crippen LogP contribution is -2.38. The number of nitrogens with one attached hydrogen (secondary N) is 1. The number of carbonyl (C=O) groups excluding carboxylic acids is 1. The van der Waals surface area contributed by atoms with Crippen LogP contribution in [0.15, 0.2) is 62.6 Å². The standard InChI is InChI=1S/C25H27N3O6S/c29-24-9-4-18-16-19(5-8-23(18)34-24)26-25(30)21-17-20(35(31,32)28-10-2-1-3-11-28)6-7-22(21)27-12-14-33-15-13-27/h4-9,16-17H,1-3,10-15H2,(H,26,30). The van der Waals surface area contributed by atoms with Crippen molar-refractivity contribution in [3.05, 3.63) is 64.5 Å². The number of benzene rings is 2. The molecule has 5 rings (SSSR count). The van der Waals surface area contributed by atoms with Gasteiger partial charge in [0.1, 0.15) is 5.58 Å². The molecule has 0 atom stereocenters. The van der Waals surface area contributed by atoms with E-state index in [2.05, 4.69) is 5.32 Å². The first-order valence-corrected chi connectivity index (χ1v) is 13.2. The number of hydrogen-bond acceptors (Lipinski definition) is 7. The molecular formula is C25H27N3O6S.